The van der Waals surface area contributed by atoms with Gasteiger partial charge in [-0.3, -0.25) is 4.79 Å². The molecule has 1 amide bonds. The molecule has 0 saturated carbocycles. The Morgan fingerprint density at radius 2 is 2.16 bits per heavy atom. The van der Waals surface area contributed by atoms with Crippen LogP contribution in [0.15, 0.2) is 35.9 Å². The van der Waals surface area contributed by atoms with Crippen LogP contribution in [0.2, 0.25) is 5.02 Å². The summed E-state index contributed by atoms with van der Waals surface area (Å²) >= 11 is 7.98. The SMILES string of the molecule is COc1cc(/C=C(\C#N)C(=O)Nc2cccc(Cl)c2C)cc(I)c1O. The van der Waals surface area contributed by atoms with Crippen molar-refractivity contribution in [3.63, 3.8) is 0 Å². The number of amides is 1. The Labute approximate surface area is 164 Å². The van der Waals surface area contributed by atoms with E-state index in [0.717, 1.165) is 5.56 Å². The molecule has 2 N–H and O–H groups in total. The normalized spacial score (nSPS) is 10.9. The van der Waals surface area contributed by atoms with E-state index in [1.165, 1.54) is 13.2 Å². The Bertz CT molecular complexity index is 904. The maximum Gasteiger partial charge on any atom is 0.266 e. The van der Waals surface area contributed by atoms with Gasteiger partial charge >= 0.3 is 0 Å². The first-order chi connectivity index (χ1) is 11.9. The minimum Gasteiger partial charge on any atom is -0.504 e. The number of ether oxygens (including phenoxy) is 1. The standard InChI is InChI=1S/C18H14ClIN2O3/c1-10-13(19)4-3-5-15(10)22-18(24)12(9-21)6-11-7-14(20)17(23)16(8-11)25-2/h3-8,23H,1-2H3,(H,22,24)/b12-6+. The molecule has 0 fully saturated rings. The molecule has 0 aliphatic heterocycles. The molecule has 0 aliphatic rings. The number of nitriles is 1. The van der Waals surface area contributed by atoms with Crippen LogP contribution in [0.1, 0.15) is 11.1 Å². The van der Waals surface area contributed by atoms with E-state index in [1.54, 1.807) is 37.3 Å². The Kier molecular flexibility index (Phi) is 6.28. The molecule has 7 heteroatoms. The maximum absolute atomic E-state index is 12.4. The van der Waals surface area contributed by atoms with Gasteiger partial charge in [-0.25, -0.2) is 0 Å². The van der Waals surface area contributed by atoms with Gasteiger partial charge in [0.1, 0.15) is 11.6 Å². The van der Waals surface area contributed by atoms with Crippen LogP contribution in [-0.2, 0) is 4.79 Å². The number of carbonyl (C=O) groups excluding carboxylic acids is 1. The third kappa shape index (κ3) is 4.44. The van der Waals surface area contributed by atoms with Gasteiger partial charge in [0.05, 0.1) is 10.7 Å². The molecule has 0 aromatic heterocycles. The van der Waals surface area contributed by atoms with Crippen molar-refractivity contribution >= 4 is 51.9 Å². The molecular weight excluding hydrogens is 455 g/mol. The summed E-state index contributed by atoms with van der Waals surface area (Å²) in [5.41, 5.74) is 1.74. The lowest BCUT2D eigenvalue weighted by Gasteiger charge is -2.09. The highest BCUT2D eigenvalue weighted by Crippen LogP contribution is 2.33. The first kappa shape index (κ1) is 19.1. The molecular formula is C18H14ClIN2O3. The number of halogens is 2. The van der Waals surface area contributed by atoms with Gasteiger partial charge < -0.3 is 15.2 Å². The quantitative estimate of drug-likeness (QED) is 0.393. The number of aromatic hydroxyl groups is 1. The third-order valence-corrected chi connectivity index (χ3v) is 4.69. The molecule has 0 aliphatic carbocycles. The molecule has 128 valence electrons. The van der Waals surface area contributed by atoms with Crippen molar-refractivity contribution in [3.05, 3.63) is 55.6 Å². The van der Waals surface area contributed by atoms with E-state index < -0.39 is 5.91 Å². The van der Waals surface area contributed by atoms with Gasteiger partial charge in [0, 0.05) is 10.7 Å². The number of phenolic OH excluding ortho intramolecular Hbond substituents is 1. The monoisotopic (exact) mass is 468 g/mol. The first-order valence-corrected chi connectivity index (χ1v) is 8.57. The van der Waals surface area contributed by atoms with Crippen molar-refractivity contribution in [3.8, 4) is 17.6 Å². The van der Waals surface area contributed by atoms with Crippen LogP contribution in [0.5, 0.6) is 11.5 Å². The molecule has 25 heavy (non-hydrogen) atoms. The Morgan fingerprint density at radius 1 is 1.44 bits per heavy atom. The zero-order valence-electron chi connectivity index (χ0n) is 13.4. The van der Waals surface area contributed by atoms with Crippen LogP contribution >= 0.6 is 34.2 Å². The summed E-state index contributed by atoms with van der Waals surface area (Å²) in [5.74, 6) is -0.269. The molecule has 0 unspecified atom stereocenters. The Morgan fingerprint density at radius 3 is 2.80 bits per heavy atom. The summed E-state index contributed by atoms with van der Waals surface area (Å²) in [6, 6.07) is 10.2. The number of anilines is 1. The van der Waals surface area contributed by atoms with E-state index in [1.807, 2.05) is 28.7 Å². The van der Waals surface area contributed by atoms with Crippen molar-refractivity contribution in [1.82, 2.24) is 0 Å². The fourth-order valence-corrected chi connectivity index (χ4v) is 2.88. The van der Waals surface area contributed by atoms with Gasteiger partial charge in [0.15, 0.2) is 11.5 Å². The topological polar surface area (TPSA) is 82.3 Å². The van der Waals surface area contributed by atoms with Crippen molar-refractivity contribution in [2.45, 2.75) is 6.92 Å². The minimum absolute atomic E-state index is 0.0118. The zero-order chi connectivity index (χ0) is 18.6. The summed E-state index contributed by atoms with van der Waals surface area (Å²) in [6.07, 6.45) is 1.43. The molecule has 2 aromatic rings. The van der Waals surface area contributed by atoms with E-state index in [-0.39, 0.29) is 17.1 Å². The van der Waals surface area contributed by atoms with E-state index in [2.05, 4.69) is 5.32 Å². The number of nitrogens with one attached hydrogen (secondary N) is 1. The van der Waals surface area contributed by atoms with Gasteiger partial charge in [0.25, 0.3) is 5.91 Å². The molecule has 0 spiro atoms. The lowest BCUT2D eigenvalue weighted by atomic mass is 10.1. The highest BCUT2D eigenvalue weighted by molar-refractivity contribution is 14.1. The van der Waals surface area contributed by atoms with Crippen LogP contribution in [0.4, 0.5) is 5.69 Å². The summed E-state index contributed by atoms with van der Waals surface area (Å²) in [5, 5.41) is 22.4. The molecule has 2 aromatic carbocycles. The van der Waals surface area contributed by atoms with E-state index >= 15 is 0 Å². The van der Waals surface area contributed by atoms with Crippen molar-refractivity contribution in [2.24, 2.45) is 0 Å². The van der Waals surface area contributed by atoms with Crippen LogP contribution in [0.3, 0.4) is 0 Å². The molecule has 0 radical (unpaired) electrons. The van der Waals surface area contributed by atoms with Crippen molar-refractivity contribution in [2.75, 3.05) is 12.4 Å². The van der Waals surface area contributed by atoms with Gasteiger partial charge in [-0.1, -0.05) is 17.7 Å². The van der Waals surface area contributed by atoms with E-state index in [4.69, 9.17) is 16.3 Å². The van der Waals surface area contributed by atoms with E-state index in [0.29, 0.717) is 19.8 Å². The number of hydrogen-bond acceptors (Lipinski definition) is 4. The van der Waals surface area contributed by atoms with Crippen LogP contribution in [0.25, 0.3) is 6.08 Å². The summed E-state index contributed by atoms with van der Waals surface area (Å²) in [7, 11) is 1.43. The van der Waals surface area contributed by atoms with Crippen molar-refractivity contribution < 1.29 is 14.6 Å². The Hall–Kier alpha value is -2.24. The minimum atomic E-state index is -0.546. The number of rotatable bonds is 4. The summed E-state index contributed by atoms with van der Waals surface area (Å²) < 4.78 is 5.63. The van der Waals surface area contributed by atoms with Crippen LogP contribution < -0.4 is 10.1 Å². The average molecular weight is 469 g/mol. The lowest BCUT2D eigenvalue weighted by Crippen LogP contribution is -2.14. The fourth-order valence-electron chi connectivity index (χ4n) is 2.08. The number of carbonyl (C=O) groups is 1. The smallest absolute Gasteiger partial charge is 0.266 e. The maximum atomic E-state index is 12.4. The summed E-state index contributed by atoms with van der Waals surface area (Å²) in [4.78, 5) is 12.4. The van der Waals surface area contributed by atoms with Crippen LogP contribution in [0, 0.1) is 21.8 Å². The molecule has 0 atom stereocenters. The number of hydrogen-bond donors (Lipinski definition) is 2. The highest BCUT2D eigenvalue weighted by atomic mass is 127. The molecule has 5 nitrogen and oxygen atoms in total. The first-order valence-electron chi connectivity index (χ1n) is 7.12. The van der Waals surface area contributed by atoms with Gasteiger partial charge in [-0.05, 0) is 71.0 Å². The zero-order valence-corrected chi connectivity index (χ0v) is 16.3. The predicted octanol–water partition coefficient (Wildman–Crippen LogP) is 4.51. The second kappa shape index (κ2) is 8.23. The van der Waals surface area contributed by atoms with Crippen LogP contribution in [-0.4, -0.2) is 18.1 Å². The van der Waals surface area contributed by atoms with Gasteiger partial charge in [0.2, 0.25) is 0 Å². The molecule has 0 saturated heterocycles. The van der Waals surface area contributed by atoms with Crippen molar-refractivity contribution in [1.29, 1.82) is 5.26 Å². The largest absolute Gasteiger partial charge is 0.504 e. The van der Waals surface area contributed by atoms with E-state index in [9.17, 15) is 15.2 Å². The average Bonchev–Trinajstić information content (AvgIpc) is 2.59. The summed E-state index contributed by atoms with van der Waals surface area (Å²) in [6.45, 7) is 1.78. The van der Waals surface area contributed by atoms with Gasteiger partial charge in [-0.2, -0.15) is 5.26 Å². The number of methoxy groups -OCH3 is 1. The fraction of sp³-hybridized carbons (Fsp3) is 0.111. The second-order valence-electron chi connectivity index (χ2n) is 5.09. The molecule has 0 bridgehead atoms. The Balaban J connectivity index is 2.34. The third-order valence-electron chi connectivity index (χ3n) is 3.46. The number of benzene rings is 2. The lowest BCUT2D eigenvalue weighted by molar-refractivity contribution is -0.112. The highest BCUT2D eigenvalue weighted by Gasteiger charge is 2.13. The second-order valence-corrected chi connectivity index (χ2v) is 6.66. The number of phenols is 1. The van der Waals surface area contributed by atoms with Gasteiger partial charge in [-0.15, -0.1) is 0 Å². The molecule has 0 heterocycles. The number of nitrogens with zero attached hydrogens (tertiary/aromatic N) is 1. The molecule has 2 rings (SSSR count). The predicted molar refractivity (Wildman–Crippen MR) is 106 cm³/mol.